The zero-order chi connectivity index (χ0) is 12.2. The highest BCUT2D eigenvalue weighted by Crippen LogP contribution is 2.36. The largest absolute Gasteiger partial charge is 0.425 e. The number of rotatable bonds is 4. The highest BCUT2D eigenvalue weighted by molar-refractivity contribution is 6.74. The molecular weight excluding hydrogens is 243 g/mol. The van der Waals surface area contributed by atoms with Gasteiger partial charge in [0.15, 0.2) is 15.6 Å². The van der Waals surface area contributed by atoms with Crippen molar-refractivity contribution in [2.45, 2.75) is 38.9 Å². The molecule has 1 aromatic rings. The van der Waals surface area contributed by atoms with E-state index in [0.717, 1.165) is 6.51 Å². The van der Waals surface area contributed by atoms with Gasteiger partial charge in [0.25, 0.3) is 0 Å². The molecule has 0 saturated carbocycles. The van der Waals surface area contributed by atoms with Gasteiger partial charge in [0.2, 0.25) is 0 Å². The van der Waals surface area contributed by atoms with Crippen molar-refractivity contribution in [2.75, 3.05) is 6.51 Å². The molecule has 0 aliphatic rings. The first-order chi connectivity index (χ1) is 7.33. The third-order valence-corrected chi connectivity index (χ3v) is 7.87. The van der Waals surface area contributed by atoms with Gasteiger partial charge in [-0.05, 0) is 18.1 Å². The van der Waals surface area contributed by atoms with Crippen molar-refractivity contribution in [2.24, 2.45) is 0 Å². The van der Waals surface area contributed by atoms with Gasteiger partial charge >= 0.3 is 0 Å². The lowest BCUT2D eigenvalue weighted by Gasteiger charge is -2.36. The maximum atomic E-state index is 6.08. The summed E-state index contributed by atoms with van der Waals surface area (Å²) in [4.78, 5) is 0. The molecule has 1 aromatic carbocycles. The van der Waals surface area contributed by atoms with Crippen LogP contribution in [0.5, 0.6) is 0 Å². The van der Waals surface area contributed by atoms with Crippen LogP contribution in [0, 0.1) is 0 Å². The fourth-order valence-electron chi connectivity index (χ4n) is 1.15. The first-order valence-electron chi connectivity index (χ1n) is 5.85. The molecule has 0 aromatic heterocycles. The summed E-state index contributed by atoms with van der Waals surface area (Å²) in [6.45, 7) is 12.1. The summed E-state index contributed by atoms with van der Waals surface area (Å²) in [5.74, 6) is 0. The Balaban J connectivity index is 0. The zero-order valence-corrected chi connectivity index (χ0v) is 13.1. The molecule has 0 bridgehead atoms. The summed E-state index contributed by atoms with van der Waals surface area (Å²) >= 11 is 0. The molecule has 5 heteroatoms. The number of benzene rings is 1. The average Bonchev–Trinajstić information content (AvgIpc) is 2.17. The Morgan fingerprint density at radius 1 is 1.06 bits per heavy atom. The molecule has 0 spiro atoms. The van der Waals surface area contributed by atoms with Gasteiger partial charge in [0.05, 0.1) is 0 Å². The van der Waals surface area contributed by atoms with Gasteiger partial charge in [0, 0.05) is 6.51 Å². The van der Waals surface area contributed by atoms with E-state index >= 15 is 0 Å². The standard InChI is InChI=1S/C13H22BOSi.2H2O/c1-13(2,3)16(4,5)15-11-14-12-9-7-6-8-10-12;;/h6-10H,11H2,1-5H3;2*1H2. The van der Waals surface area contributed by atoms with Crippen molar-refractivity contribution in [1.29, 1.82) is 0 Å². The minimum absolute atomic E-state index is 0. The Morgan fingerprint density at radius 3 is 2.00 bits per heavy atom. The van der Waals surface area contributed by atoms with E-state index in [1.807, 2.05) is 6.07 Å². The SMILES string of the molecule is CC(C)(C)[Si](C)(C)OC[B]c1ccccc1.O.O. The van der Waals surface area contributed by atoms with Crippen LogP contribution in [0.15, 0.2) is 30.3 Å². The molecule has 3 nitrogen and oxygen atoms in total. The van der Waals surface area contributed by atoms with Crippen LogP contribution in [0.1, 0.15) is 20.8 Å². The highest BCUT2D eigenvalue weighted by atomic mass is 28.4. The molecular formula is C13H26BO3Si. The Kier molecular flexibility index (Phi) is 8.47. The summed E-state index contributed by atoms with van der Waals surface area (Å²) < 4.78 is 6.08. The molecule has 0 amide bonds. The molecule has 0 aliphatic carbocycles. The molecule has 0 unspecified atom stereocenters. The lowest BCUT2D eigenvalue weighted by atomic mass is 9.72. The third-order valence-electron chi connectivity index (χ3n) is 3.37. The van der Waals surface area contributed by atoms with Gasteiger partial charge in [-0.1, -0.05) is 56.6 Å². The maximum Gasteiger partial charge on any atom is 0.190 e. The van der Waals surface area contributed by atoms with Gasteiger partial charge < -0.3 is 15.4 Å². The summed E-state index contributed by atoms with van der Waals surface area (Å²) in [6, 6.07) is 10.4. The first kappa shape index (κ1) is 19.7. The second-order valence-corrected chi connectivity index (χ2v) is 10.5. The van der Waals surface area contributed by atoms with E-state index in [1.54, 1.807) is 0 Å². The van der Waals surface area contributed by atoms with Crippen molar-refractivity contribution in [3.8, 4) is 0 Å². The van der Waals surface area contributed by atoms with Gasteiger partial charge in [-0.15, -0.1) is 0 Å². The predicted octanol–water partition coefficient (Wildman–Crippen LogP) is 1.35. The number of hydrogen-bond acceptors (Lipinski definition) is 1. The second kappa shape index (κ2) is 7.74. The topological polar surface area (TPSA) is 72.2 Å². The Morgan fingerprint density at radius 2 is 1.56 bits per heavy atom. The lowest BCUT2D eigenvalue weighted by molar-refractivity contribution is 0.348. The van der Waals surface area contributed by atoms with Crippen molar-refractivity contribution in [1.82, 2.24) is 0 Å². The summed E-state index contributed by atoms with van der Waals surface area (Å²) in [5.41, 5.74) is 1.24. The van der Waals surface area contributed by atoms with Crippen LogP contribution in [0.2, 0.25) is 18.1 Å². The van der Waals surface area contributed by atoms with Crippen molar-refractivity contribution in [3.63, 3.8) is 0 Å². The molecule has 103 valence electrons. The van der Waals surface area contributed by atoms with E-state index in [1.165, 1.54) is 5.46 Å². The normalized spacial score (nSPS) is 11.2. The molecule has 4 N–H and O–H groups in total. The summed E-state index contributed by atoms with van der Waals surface area (Å²) in [6.07, 6.45) is 0. The predicted molar refractivity (Wildman–Crippen MR) is 82.2 cm³/mol. The zero-order valence-electron chi connectivity index (χ0n) is 12.1. The Bertz CT molecular complexity index is 323. The van der Waals surface area contributed by atoms with Crippen LogP contribution in [0.3, 0.4) is 0 Å². The Labute approximate surface area is 113 Å². The van der Waals surface area contributed by atoms with Crippen molar-refractivity contribution < 1.29 is 15.4 Å². The highest BCUT2D eigenvalue weighted by Gasteiger charge is 2.36. The van der Waals surface area contributed by atoms with Crippen LogP contribution in [0.4, 0.5) is 0 Å². The summed E-state index contributed by atoms with van der Waals surface area (Å²) in [7, 11) is 0.563. The van der Waals surface area contributed by atoms with Gasteiger partial charge in [0.1, 0.15) is 0 Å². The smallest absolute Gasteiger partial charge is 0.190 e. The molecule has 18 heavy (non-hydrogen) atoms. The molecule has 0 aliphatic heterocycles. The quantitative estimate of drug-likeness (QED) is 0.760. The van der Waals surface area contributed by atoms with Crippen LogP contribution in [-0.2, 0) is 4.43 Å². The fourth-order valence-corrected chi connectivity index (χ4v) is 2.08. The van der Waals surface area contributed by atoms with Gasteiger partial charge in [-0.25, -0.2) is 0 Å². The summed E-state index contributed by atoms with van der Waals surface area (Å²) in [5, 5.41) is 0.289. The van der Waals surface area contributed by atoms with E-state index < -0.39 is 8.32 Å². The molecule has 0 fully saturated rings. The van der Waals surface area contributed by atoms with Gasteiger partial charge in [-0.2, -0.15) is 0 Å². The third kappa shape index (κ3) is 5.82. The Hall–Kier alpha value is -0.618. The number of hydrogen-bond donors (Lipinski definition) is 0. The van der Waals surface area contributed by atoms with E-state index in [-0.39, 0.29) is 16.0 Å². The lowest BCUT2D eigenvalue weighted by Crippen LogP contribution is -2.42. The minimum atomic E-state index is -1.59. The van der Waals surface area contributed by atoms with E-state index in [4.69, 9.17) is 4.43 Å². The van der Waals surface area contributed by atoms with Gasteiger partial charge in [-0.3, -0.25) is 0 Å². The molecule has 1 rings (SSSR count). The molecule has 0 heterocycles. The van der Waals surface area contributed by atoms with Crippen LogP contribution in [-0.4, -0.2) is 33.1 Å². The fraction of sp³-hybridized carbons (Fsp3) is 0.538. The van der Waals surface area contributed by atoms with E-state index in [9.17, 15) is 0 Å². The van der Waals surface area contributed by atoms with E-state index in [0.29, 0.717) is 0 Å². The molecule has 0 atom stereocenters. The van der Waals surface area contributed by atoms with Crippen molar-refractivity contribution in [3.05, 3.63) is 30.3 Å². The van der Waals surface area contributed by atoms with E-state index in [2.05, 4.69) is 65.4 Å². The monoisotopic (exact) mass is 269 g/mol. The maximum absolute atomic E-state index is 6.08. The molecule has 1 radical (unpaired) electrons. The first-order valence-corrected chi connectivity index (χ1v) is 8.76. The average molecular weight is 269 g/mol. The van der Waals surface area contributed by atoms with Crippen LogP contribution >= 0.6 is 0 Å². The second-order valence-electron chi connectivity index (χ2n) is 5.69. The minimum Gasteiger partial charge on any atom is -0.425 e. The van der Waals surface area contributed by atoms with Crippen LogP contribution in [0.25, 0.3) is 0 Å². The molecule has 0 saturated heterocycles. The van der Waals surface area contributed by atoms with Crippen molar-refractivity contribution >= 4 is 21.1 Å². The van der Waals surface area contributed by atoms with Crippen LogP contribution < -0.4 is 5.46 Å².